The maximum absolute atomic E-state index is 5.30. The monoisotopic (exact) mass is 217 g/mol. The first-order valence-corrected chi connectivity index (χ1v) is 5.41. The van der Waals surface area contributed by atoms with Crippen LogP contribution in [0.3, 0.4) is 0 Å². The summed E-state index contributed by atoms with van der Waals surface area (Å²) in [5.41, 5.74) is 1.38. The van der Waals surface area contributed by atoms with E-state index < -0.39 is 0 Å². The number of terminal acetylenes is 1. The molecule has 0 aliphatic heterocycles. The lowest BCUT2D eigenvalue weighted by molar-refractivity contribution is 0.370. The fourth-order valence-corrected chi connectivity index (χ4v) is 1.20. The molecule has 1 aromatic rings. The van der Waals surface area contributed by atoms with Crippen LogP contribution in [0.4, 0.5) is 0 Å². The van der Waals surface area contributed by atoms with Gasteiger partial charge < -0.3 is 10.1 Å². The Bertz CT molecular complexity index is 354. The number of hydrogen-bond donors (Lipinski definition) is 1. The van der Waals surface area contributed by atoms with Crippen molar-refractivity contribution in [1.82, 2.24) is 5.32 Å². The number of rotatable bonds is 4. The average molecular weight is 217 g/mol. The topological polar surface area (TPSA) is 21.3 Å². The van der Waals surface area contributed by atoms with E-state index in [2.05, 4.69) is 32.0 Å². The Morgan fingerprint density at radius 2 is 1.88 bits per heavy atom. The number of benzene rings is 1. The van der Waals surface area contributed by atoms with Gasteiger partial charge in [0, 0.05) is 12.1 Å². The lowest BCUT2D eigenvalue weighted by atomic mass is 10.1. The molecule has 0 atom stereocenters. The highest BCUT2D eigenvalue weighted by Gasteiger charge is 2.07. The third-order valence-corrected chi connectivity index (χ3v) is 2.07. The first-order valence-electron chi connectivity index (χ1n) is 5.41. The molecule has 2 nitrogen and oxygen atoms in total. The molecule has 0 aromatic heterocycles. The second-order valence-corrected chi connectivity index (χ2v) is 4.74. The zero-order valence-corrected chi connectivity index (χ0v) is 10.2. The van der Waals surface area contributed by atoms with Crippen LogP contribution < -0.4 is 10.1 Å². The van der Waals surface area contributed by atoms with Crippen molar-refractivity contribution in [1.29, 1.82) is 0 Å². The number of hydrogen-bond acceptors (Lipinski definition) is 2. The van der Waals surface area contributed by atoms with Crippen LogP contribution in [-0.2, 0) is 6.54 Å². The van der Waals surface area contributed by atoms with Crippen molar-refractivity contribution in [3.05, 3.63) is 29.8 Å². The molecule has 0 bridgehead atoms. The molecule has 0 unspecified atom stereocenters. The van der Waals surface area contributed by atoms with Crippen LogP contribution in [0.25, 0.3) is 0 Å². The maximum atomic E-state index is 5.30. The molecule has 0 heterocycles. The Morgan fingerprint density at radius 3 is 2.38 bits per heavy atom. The van der Waals surface area contributed by atoms with Crippen molar-refractivity contribution in [2.75, 3.05) is 6.61 Å². The van der Waals surface area contributed by atoms with Crippen molar-refractivity contribution >= 4 is 0 Å². The average Bonchev–Trinajstić information content (AvgIpc) is 2.24. The summed E-state index contributed by atoms with van der Waals surface area (Å²) in [7, 11) is 0. The molecule has 2 heteroatoms. The summed E-state index contributed by atoms with van der Waals surface area (Å²) in [5, 5.41) is 3.43. The van der Waals surface area contributed by atoms with Crippen LogP contribution in [0.5, 0.6) is 5.75 Å². The molecule has 0 saturated heterocycles. The molecule has 1 aromatic carbocycles. The zero-order chi connectivity index (χ0) is 12.0. The highest BCUT2D eigenvalue weighted by atomic mass is 16.5. The molecular formula is C14H19NO. The molecule has 0 aliphatic rings. The lowest BCUT2D eigenvalue weighted by Crippen LogP contribution is -2.34. The first kappa shape index (κ1) is 12.6. The number of nitrogens with one attached hydrogen (secondary N) is 1. The van der Waals surface area contributed by atoms with Crippen LogP contribution in [-0.4, -0.2) is 12.1 Å². The molecule has 0 saturated carbocycles. The lowest BCUT2D eigenvalue weighted by Gasteiger charge is -2.20. The summed E-state index contributed by atoms with van der Waals surface area (Å²) < 4.78 is 5.30. The smallest absolute Gasteiger partial charge is 0.148 e. The van der Waals surface area contributed by atoms with Crippen LogP contribution in [0, 0.1) is 12.3 Å². The predicted molar refractivity (Wildman–Crippen MR) is 67.4 cm³/mol. The van der Waals surface area contributed by atoms with Gasteiger partial charge in [-0.15, -0.1) is 6.42 Å². The van der Waals surface area contributed by atoms with Gasteiger partial charge in [0.2, 0.25) is 0 Å². The van der Waals surface area contributed by atoms with Gasteiger partial charge >= 0.3 is 0 Å². The zero-order valence-electron chi connectivity index (χ0n) is 10.2. The van der Waals surface area contributed by atoms with E-state index in [0.717, 1.165) is 12.3 Å². The van der Waals surface area contributed by atoms with Crippen molar-refractivity contribution in [3.8, 4) is 18.1 Å². The minimum absolute atomic E-state index is 0.138. The Kier molecular flexibility index (Phi) is 4.39. The van der Waals surface area contributed by atoms with Gasteiger partial charge in [0.25, 0.3) is 0 Å². The highest BCUT2D eigenvalue weighted by Crippen LogP contribution is 2.12. The molecule has 1 N–H and O–H groups in total. The summed E-state index contributed by atoms with van der Waals surface area (Å²) in [5.74, 6) is 3.26. The summed E-state index contributed by atoms with van der Waals surface area (Å²) >= 11 is 0. The van der Waals surface area contributed by atoms with E-state index in [0.29, 0.717) is 6.61 Å². The quantitative estimate of drug-likeness (QED) is 0.783. The van der Waals surface area contributed by atoms with Gasteiger partial charge in [0.05, 0.1) is 0 Å². The van der Waals surface area contributed by atoms with E-state index in [1.165, 1.54) is 5.56 Å². The molecule has 0 spiro atoms. The van der Waals surface area contributed by atoms with E-state index in [1.54, 1.807) is 0 Å². The highest BCUT2D eigenvalue weighted by molar-refractivity contribution is 5.27. The molecule has 0 aliphatic carbocycles. The molecular weight excluding hydrogens is 198 g/mol. The van der Waals surface area contributed by atoms with Crippen molar-refractivity contribution in [2.24, 2.45) is 0 Å². The number of ether oxygens (including phenoxy) is 1. The second-order valence-electron chi connectivity index (χ2n) is 4.74. The fraction of sp³-hybridized carbons (Fsp3) is 0.429. The van der Waals surface area contributed by atoms with E-state index in [1.807, 2.05) is 24.3 Å². The normalized spacial score (nSPS) is 10.9. The van der Waals surface area contributed by atoms with Gasteiger partial charge in [-0.3, -0.25) is 0 Å². The van der Waals surface area contributed by atoms with Crippen molar-refractivity contribution < 1.29 is 4.74 Å². The Balaban J connectivity index is 2.49. The molecule has 0 fully saturated rings. The van der Waals surface area contributed by atoms with E-state index in [-0.39, 0.29) is 5.54 Å². The van der Waals surface area contributed by atoms with Crippen LogP contribution in [0.1, 0.15) is 26.3 Å². The van der Waals surface area contributed by atoms with Gasteiger partial charge in [-0.1, -0.05) is 18.1 Å². The minimum Gasteiger partial charge on any atom is -0.481 e. The van der Waals surface area contributed by atoms with E-state index >= 15 is 0 Å². The van der Waals surface area contributed by atoms with E-state index in [9.17, 15) is 0 Å². The summed E-state index contributed by atoms with van der Waals surface area (Å²) in [6.07, 6.45) is 5.12. The Morgan fingerprint density at radius 1 is 1.25 bits per heavy atom. The molecule has 1 rings (SSSR count). The van der Waals surface area contributed by atoms with Gasteiger partial charge in [-0.25, -0.2) is 0 Å². The minimum atomic E-state index is 0.138. The Hall–Kier alpha value is -1.46. The predicted octanol–water partition coefficient (Wildman–Crippen LogP) is 2.59. The van der Waals surface area contributed by atoms with Crippen molar-refractivity contribution in [2.45, 2.75) is 32.9 Å². The van der Waals surface area contributed by atoms with Crippen molar-refractivity contribution in [3.63, 3.8) is 0 Å². The fourth-order valence-electron chi connectivity index (χ4n) is 1.20. The van der Waals surface area contributed by atoms with E-state index in [4.69, 9.17) is 11.2 Å². The molecule has 0 amide bonds. The third-order valence-electron chi connectivity index (χ3n) is 2.07. The van der Waals surface area contributed by atoms with Gasteiger partial charge in [0.15, 0.2) is 0 Å². The van der Waals surface area contributed by atoms with Gasteiger partial charge in [0.1, 0.15) is 12.4 Å². The summed E-state index contributed by atoms with van der Waals surface area (Å²) in [6, 6.07) is 7.98. The molecule has 16 heavy (non-hydrogen) atoms. The summed E-state index contributed by atoms with van der Waals surface area (Å²) in [4.78, 5) is 0. The SMILES string of the molecule is C#CCOc1ccc(CNC(C)(C)C)cc1. The first-order chi connectivity index (χ1) is 7.51. The molecule has 0 radical (unpaired) electrons. The Labute approximate surface area is 98.0 Å². The maximum Gasteiger partial charge on any atom is 0.148 e. The third kappa shape index (κ3) is 4.86. The largest absolute Gasteiger partial charge is 0.481 e. The van der Waals surface area contributed by atoms with Crippen LogP contribution >= 0.6 is 0 Å². The van der Waals surface area contributed by atoms with Crippen LogP contribution in [0.15, 0.2) is 24.3 Å². The standard InChI is InChI=1S/C14H19NO/c1-5-10-16-13-8-6-12(7-9-13)11-15-14(2,3)4/h1,6-9,15H,10-11H2,2-4H3. The summed E-state index contributed by atoms with van der Waals surface area (Å²) in [6.45, 7) is 7.63. The van der Waals surface area contributed by atoms with Gasteiger partial charge in [-0.05, 0) is 38.5 Å². The second kappa shape index (κ2) is 5.58. The van der Waals surface area contributed by atoms with Crippen LogP contribution in [0.2, 0.25) is 0 Å². The van der Waals surface area contributed by atoms with Gasteiger partial charge in [-0.2, -0.15) is 0 Å². The molecule has 86 valence electrons.